The van der Waals surface area contributed by atoms with Crippen LogP contribution in [0.5, 0.6) is 0 Å². The van der Waals surface area contributed by atoms with Gasteiger partial charge in [0.15, 0.2) is 12.6 Å². The van der Waals surface area contributed by atoms with E-state index in [-0.39, 0.29) is 79.0 Å². The van der Waals surface area contributed by atoms with E-state index in [2.05, 4.69) is 0 Å². The summed E-state index contributed by atoms with van der Waals surface area (Å²) in [7, 11) is 0. The summed E-state index contributed by atoms with van der Waals surface area (Å²) in [6, 6.07) is 89.2. The van der Waals surface area contributed by atoms with Crippen molar-refractivity contribution >= 4 is 6.09 Å². The second-order valence-electron chi connectivity index (χ2n) is 24.7. The Balaban J connectivity index is 0.981. The van der Waals surface area contributed by atoms with E-state index in [1.165, 1.54) is 4.90 Å². The molecular formula is C81H85NO14. The lowest BCUT2D eigenvalue weighted by Gasteiger charge is -2.51. The molecule has 498 valence electrons. The second-order valence-corrected chi connectivity index (χ2v) is 24.7. The Morgan fingerprint density at radius 1 is 0.385 bits per heavy atom. The standard InChI is InChI=1S/C81H85NO14/c1-59-71(88-52-64-37-19-6-20-38-64)73(89-53-65-39-21-7-22-40-65)75(91-55-67-43-25-9-26-44-67)78(93-59)95-72-70(57-85-49-61-31-13-3-14-32-61)94-79(76(92-56-68-45-27-10-28-46-68)74(72)90-54-66-41-23-8-24-42-66)96-77-69(87-51-63-35-17-5-18-36-63)48-82(80(83)84)81(77,47-60-29-11-2-12-30-60)58-86-50-62-33-15-4-16-34-62/h2-46,59,69-79H,47-58H2,1H3,(H,83,84)/t59-,69?,70-,71-,72-,73+,74+,75-,76-,77?,78-,79+,81?/m1/s1. The van der Waals surface area contributed by atoms with E-state index in [0.29, 0.717) is 0 Å². The van der Waals surface area contributed by atoms with Gasteiger partial charge in [-0.05, 0) is 57.0 Å². The zero-order valence-corrected chi connectivity index (χ0v) is 54.1. The molecule has 96 heavy (non-hydrogen) atoms. The molecular weight excluding hydrogens is 1210 g/mol. The summed E-state index contributed by atoms with van der Waals surface area (Å²) < 4.78 is 86.9. The van der Waals surface area contributed by atoms with Gasteiger partial charge in [0, 0.05) is 6.42 Å². The van der Waals surface area contributed by atoms with Crippen molar-refractivity contribution in [3.63, 3.8) is 0 Å². The fraction of sp³-hybridized carbons (Fsp3) is 0.321. The van der Waals surface area contributed by atoms with Crippen molar-refractivity contribution in [2.75, 3.05) is 19.8 Å². The van der Waals surface area contributed by atoms with Crippen LogP contribution in [-0.4, -0.2) is 115 Å². The van der Waals surface area contributed by atoms with Gasteiger partial charge in [0.2, 0.25) is 0 Å². The maximum Gasteiger partial charge on any atom is 0.408 e. The largest absolute Gasteiger partial charge is 0.465 e. The van der Waals surface area contributed by atoms with Gasteiger partial charge in [-0.15, -0.1) is 0 Å². The minimum Gasteiger partial charge on any atom is -0.465 e. The topological polar surface area (TPSA) is 151 Å². The molecule has 3 aliphatic rings. The Kier molecular flexibility index (Phi) is 24.4. The summed E-state index contributed by atoms with van der Waals surface area (Å²) in [5.74, 6) is 0. The maximum atomic E-state index is 14.3. The fourth-order valence-electron chi connectivity index (χ4n) is 13.0. The van der Waals surface area contributed by atoms with Gasteiger partial charge in [-0.1, -0.05) is 273 Å². The number of nitrogens with zero attached hydrogens (tertiary/aromatic N) is 1. The van der Waals surface area contributed by atoms with Crippen molar-refractivity contribution in [1.29, 1.82) is 0 Å². The normalized spacial score (nSPS) is 24.9. The van der Waals surface area contributed by atoms with Gasteiger partial charge in [-0.2, -0.15) is 0 Å². The molecule has 15 heteroatoms. The predicted molar refractivity (Wildman–Crippen MR) is 363 cm³/mol. The number of amides is 1. The third kappa shape index (κ3) is 18.3. The zero-order valence-electron chi connectivity index (χ0n) is 54.1. The van der Waals surface area contributed by atoms with E-state index in [4.69, 9.17) is 56.8 Å². The number of hydrogen-bond acceptors (Lipinski definition) is 13. The number of hydrogen-bond donors (Lipinski definition) is 1. The molecule has 3 fully saturated rings. The third-order valence-electron chi connectivity index (χ3n) is 17.8. The summed E-state index contributed by atoms with van der Waals surface area (Å²) in [5.41, 5.74) is 6.82. The van der Waals surface area contributed by atoms with Gasteiger partial charge in [0.05, 0.1) is 78.7 Å². The highest BCUT2D eigenvalue weighted by atomic mass is 16.8. The number of ether oxygens (including phenoxy) is 12. The average molecular weight is 1300 g/mol. The van der Waals surface area contributed by atoms with Gasteiger partial charge >= 0.3 is 6.09 Å². The molecule has 0 saturated carbocycles. The Hall–Kier alpha value is -8.23. The van der Waals surface area contributed by atoms with E-state index < -0.39 is 85.3 Å². The molecule has 1 N–H and O–H groups in total. The van der Waals surface area contributed by atoms with E-state index >= 15 is 0 Å². The molecule has 15 nitrogen and oxygen atoms in total. The molecule has 0 spiro atoms. The number of benzene rings is 9. The molecule has 3 unspecified atom stereocenters. The summed E-state index contributed by atoms with van der Waals surface area (Å²) >= 11 is 0. The number of likely N-dealkylation sites (tertiary alicyclic amines) is 1. The number of rotatable bonds is 32. The Labute approximate surface area is 563 Å². The molecule has 13 atom stereocenters. The average Bonchev–Trinajstić information content (AvgIpc) is 1.56. The molecule has 9 aromatic rings. The quantitative estimate of drug-likeness (QED) is 0.0426. The molecule has 3 heterocycles. The van der Waals surface area contributed by atoms with Crippen molar-refractivity contribution in [3.8, 4) is 0 Å². The smallest absolute Gasteiger partial charge is 0.408 e. The van der Waals surface area contributed by atoms with Crippen LogP contribution in [0.15, 0.2) is 273 Å². The molecule has 0 aliphatic carbocycles. The summed E-state index contributed by atoms with van der Waals surface area (Å²) in [6.45, 7) is 3.25. The fourth-order valence-corrected chi connectivity index (χ4v) is 13.0. The first-order chi connectivity index (χ1) is 47.3. The van der Waals surface area contributed by atoms with E-state index in [9.17, 15) is 9.90 Å². The van der Waals surface area contributed by atoms with Crippen molar-refractivity contribution in [1.82, 2.24) is 4.90 Å². The molecule has 0 bridgehead atoms. The SMILES string of the molecule is C[C@H]1O[C@H](O[C@H]2[C@H](OCc3ccccc3)[C@@H](OCc3ccccc3)[C@H](OC3C(OCc4ccccc4)CN(C(=O)O)C3(COCc3ccccc3)Cc3ccccc3)O[C@@H]2COCc2ccccc2)[C@H](OCc2ccccc2)[C@@H](OCc2ccccc2)[C@@H]1OCc1ccccc1. The van der Waals surface area contributed by atoms with Gasteiger partial charge in [0.25, 0.3) is 0 Å². The van der Waals surface area contributed by atoms with Crippen LogP contribution < -0.4 is 0 Å². The lowest BCUT2D eigenvalue weighted by atomic mass is 9.85. The van der Waals surface area contributed by atoms with Crippen molar-refractivity contribution in [2.45, 2.75) is 145 Å². The van der Waals surface area contributed by atoms with E-state index in [0.717, 1.165) is 50.1 Å². The summed E-state index contributed by atoms with van der Waals surface area (Å²) in [5, 5.41) is 11.6. The van der Waals surface area contributed by atoms with Crippen LogP contribution in [-0.2, 0) is 116 Å². The molecule has 0 radical (unpaired) electrons. The van der Waals surface area contributed by atoms with Crippen LogP contribution in [0.1, 0.15) is 57.0 Å². The molecule has 12 rings (SSSR count). The van der Waals surface area contributed by atoms with Crippen LogP contribution >= 0.6 is 0 Å². The molecule has 9 aromatic carbocycles. The highest BCUT2D eigenvalue weighted by Gasteiger charge is 2.61. The van der Waals surface area contributed by atoms with Crippen LogP contribution in [0.3, 0.4) is 0 Å². The monoisotopic (exact) mass is 1300 g/mol. The van der Waals surface area contributed by atoms with E-state index in [1.54, 1.807) is 0 Å². The second kappa shape index (κ2) is 34.6. The molecule has 1 amide bonds. The molecule has 3 aliphatic heterocycles. The lowest BCUT2D eigenvalue weighted by molar-refractivity contribution is -0.380. The highest BCUT2D eigenvalue weighted by Crippen LogP contribution is 2.43. The Bertz CT molecular complexity index is 3670. The molecule has 3 saturated heterocycles. The summed E-state index contributed by atoms with van der Waals surface area (Å²) in [4.78, 5) is 15.7. The Morgan fingerprint density at radius 3 is 1.10 bits per heavy atom. The van der Waals surface area contributed by atoms with Crippen LogP contribution in [0.4, 0.5) is 4.79 Å². The minimum absolute atomic E-state index is 0.0419. The van der Waals surface area contributed by atoms with E-state index in [1.807, 2.05) is 280 Å². The predicted octanol–water partition coefficient (Wildman–Crippen LogP) is 14.1. The first-order valence-corrected chi connectivity index (χ1v) is 33.1. The summed E-state index contributed by atoms with van der Waals surface area (Å²) in [6.07, 6.45) is -12.6. The van der Waals surface area contributed by atoms with Gasteiger partial charge in [-0.3, -0.25) is 4.90 Å². The first-order valence-electron chi connectivity index (χ1n) is 33.1. The third-order valence-corrected chi connectivity index (χ3v) is 17.8. The van der Waals surface area contributed by atoms with Crippen molar-refractivity contribution in [2.24, 2.45) is 0 Å². The number of carboxylic acid groups (broad SMARTS) is 1. The minimum atomic E-state index is -1.44. The maximum absolute atomic E-state index is 14.3. The van der Waals surface area contributed by atoms with Gasteiger partial charge in [0.1, 0.15) is 60.5 Å². The van der Waals surface area contributed by atoms with Crippen LogP contribution in [0.2, 0.25) is 0 Å². The zero-order chi connectivity index (χ0) is 65.6. The van der Waals surface area contributed by atoms with Gasteiger partial charge < -0.3 is 61.9 Å². The van der Waals surface area contributed by atoms with Crippen LogP contribution in [0.25, 0.3) is 0 Å². The first kappa shape index (κ1) is 67.7. The van der Waals surface area contributed by atoms with Crippen molar-refractivity contribution in [3.05, 3.63) is 323 Å². The van der Waals surface area contributed by atoms with Crippen molar-refractivity contribution < 1.29 is 66.7 Å². The Morgan fingerprint density at radius 2 is 0.708 bits per heavy atom. The number of carbonyl (C=O) groups is 1. The van der Waals surface area contributed by atoms with Gasteiger partial charge in [-0.25, -0.2) is 4.79 Å². The molecule has 0 aromatic heterocycles. The van der Waals surface area contributed by atoms with Crippen LogP contribution in [0, 0.1) is 0 Å². The lowest BCUT2D eigenvalue weighted by Crippen LogP contribution is -2.67. The highest BCUT2D eigenvalue weighted by molar-refractivity contribution is 5.67.